The third-order valence-electron chi connectivity index (χ3n) is 2.82. The van der Waals surface area contributed by atoms with E-state index in [9.17, 15) is 13.6 Å². The zero-order valence-electron chi connectivity index (χ0n) is 11.4. The van der Waals surface area contributed by atoms with Gasteiger partial charge in [-0.25, -0.2) is 13.6 Å². The predicted molar refractivity (Wildman–Crippen MR) is 81.2 cm³/mol. The second-order valence-electron chi connectivity index (χ2n) is 4.51. The minimum atomic E-state index is -0.675. The fourth-order valence-electron chi connectivity index (χ4n) is 1.91. The normalized spacial score (nSPS) is 10.4. The number of hydrogen-bond donors (Lipinski definition) is 3. The number of urea groups is 1. The Morgan fingerprint density at radius 1 is 1.09 bits per heavy atom. The summed E-state index contributed by atoms with van der Waals surface area (Å²) in [6, 6.07) is 6.77. The zero-order chi connectivity index (χ0) is 16.1. The lowest BCUT2D eigenvalue weighted by Crippen LogP contribution is -2.20. The van der Waals surface area contributed by atoms with Gasteiger partial charge in [0.2, 0.25) is 0 Å². The lowest BCUT2D eigenvalue weighted by molar-refractivity contribution is 0.262. The van der Waals surface area contributed by atoms with Gasteiger partial charge in [-0.2, -0.15) is 0 Å². The average Bonchev–Trinajstić information content (AvgIpc) is 2.40. The van der Waals surface area contributed by atoms with Crippen LogP contribution < -0.4 is 10.6 Å². The molecule has 2 amide bonds. The first-order valence-corrected chi connectivity index (χ1v) is 6.79. The summed E-state index contributed by atoms with van der Waals surface area (Å²) in [6.07, 6.45) is 0.266. The van der Waals surface area contributed by atoms with Gasteiger partial charge in [0.05, 0.1) is 0 Å². The summed E-state index contributed by atoms with van der Waals surface area (Å²) in [4.78, 5) is 11.9. The van der Waals surface area contributed by atoms with Gasteiger partial charge < -0.3 is 15.7 Å². The molecule has 3 N–H and O–H groups in total. The van der Waals surface area contributed by atoms with Crippen molar-refractivity contribution in [2.45, 2.75) is 6.42 Å². The summed E-state index contributed by atoms with van der Waals surface area (Å²) < 4.78 is 26.5. The Balaban J connectivity index is 2.13. The van der Waals surface area contributed by atoms with Gasteiger partial charge in [-0.05, 0) is 42.3 Å². The summed E-state index contributed by atoms with van der Waals surface area (Å²) in [5, 5.41) is 14.0. The molecule has 0 radical (unpaired) electrons. The van der Waals surface area contributed by atoms with Crippen LogP contribution in [0.2, 0.25) is 5.02 Å². The molecule has 0 atom stereocenters. The number of carbonyl (C=O) groups is 1. The lowest BCUT2D eigenvalue weighted by Gasteiger charge is -2.12. The summed E-state index contributed by atoms with van der Waals surface area (Å²) in [5.74, 6) is -1.11. The number of nitrogens with one attached hydrogen (secondary N) is 2. The van der Waals surface area contributed by atoms with Gasteiger partial charge >= 0.3 is 6.03 Å². The fourth-order valence-corrected chi connectivity index (χ4v) is 2.14. The Hall–Kier alpha value is -2.18. The molecule has 0 spiro atoms. The number of rotatable bonds is 4. The maximum absolute atomic E-state index is 13.3. The summed E-state index contributed by atoms with van der Waals surface area (Å²) in [6.45, 7) is -0.137. The van der Waals surface area contributed by atoms with Crippen LogP contribution in [0, 0.1) is 11.6 Å². The summed E-state index contributed by atoms with van der Waals surface area (Å²) in [5.41, 5.74) is 0.980. The zero-order valence-corrected chi connectivity index (χ0v) is 12.1. The van der Waals surface area contributed by atoms with Crippen molar-refractivity contribution in [1.29, 1.82) is 0 Å². The molecule has 116 valence electrons. The molecule has 0 saturated carbocycles. The molecule has 22 heavy (non-hydrogen) atoms. The fraction of sp³-hybridized carbons (Fsp3) is 0.133. The second-order valence-corrected chi connectivity index (χ2v) is 4.95. The molecular formula is C15H13ClF2N2O2. The molecule has 0 fully saturated rings. The molecule has 0 aliphatic heterocycles. The van der Waals surface area contributed by atoms with Crippen LogP contribution in [0.4, 0.5) is 25.0 Å². The molecule has 7 heteroatoms. The SMILES string of the molecule is O=C(Nc1cc(F)cc(Cl)c1)Nc1cc(F)ccc1CCO. The Bertz CT molecular complexity index is 675. The topological polar surface area (TPSA) is 61.4 Å². The van der Waals surface area contributed by atoms with Gasteiger partial charge in [-0.1, -0.05) is 17.7 Å². The number of aliphatic hydroxyl groups excluding tert-OH is 1. The van der Waals surface area contributed by atoms with Crippen molar-refractivity contribution < 1.29 is 18.7 Å². The maximum atomic E-state index is 13.3. The monoisotopic (exact) mass is 326 g/mol. The first kappa shape index (κ1) is 16.2. The predicted octanol–water partition coefficient (Wildman–Crippen LogP) is 3.80. The summed E-state index contributed by atoms with van der Waals surface area (Å²) >= 11 is 5.69. The van der Waals surface area contributed by atoms with Gasteiger partial charge in [-0.15, -0.1) is 0 Å². The first-order valence-electron chi connectivity index (χ1n) is 6.41. The van der Waals surface area contributed by atoms with Crippen LogP contribution in [0.25, 0.3) is 0 Å². The largest absolute Gasteiger partial charge is 0.396 e. The van der Waals surface area contributed by atoms with Gasteiger partial charge in [0.25, 0.3) is 0 Å². The molecular weight excluding hydrogens is 314 g/mol. The molecule has 0 saturated heterocycles. The van der Waals surface area contributed by atoms with Crippen LogP contribution in [-0.4, -0.2) is 17.7 Å². The van der Waals surface area contributed by atoms with E-state index in [1.54, 1.807) is 0 Å². The highest BCUT2D eigenvalue weighted by Crippen LogP contribution is 2.20. The molecule has 0 unspecified atom stereocenters. The van der Waals surface area contributed by atoms with Crippen molar-refractivity contribution in [3.05, 3.63) is 58.6 Å². The van der Waals surface area contributed by atoms with Crippen molar-refractivity contribution in [1.82, 2.24) is 0 Å². The highest BCUT2D eigenvalue weighted by molar-refractivity contribution is 6.30. The van der Waals surface area contributed by atoms with Crippen LogP contribution in [0.15, 0.2) is 36.4 Å². The quantitative estimate of drug-likeness (QED) is 0.800. The second kappa shape index (κ2) is 7.20. The van der Waals surface area contributed by atoms with Crippen molar-refractivity contribution in [2.24, 2.45) is 0 Å². The highest BCUT2D eigenvalue weighted by Gasteiger charge is 2.09. The third-order valence-corrected chi connectivity index (χ3v) is 3.04. The van der Waals surface area contributed by atoms with Crippen LogP contribution in [0.5, 0.6) is 0 Å². The standard InChI is InChI=1S/C15H13ClF2N2O2/c16-10-5-12(18)7-13(6-10)19-15(22)20-14-8-11(17)2-1-9(14)3-4-21/h1-2,5-8,21H,3-4H2,(H2,19,20,22). The maximum Gasteiger partial charge on any atom is 0.323 e. The van der Waals surface area contributed by atoms with Crippen LogP contribution in [-0.2, 0) is 6.42 Å². The first-order chi connectivity index (χ1) is 10.5. The lowest BCUT2D eigenvalue weighted by atomic mass is 10.1. The number of hydrogen-bond acceptors (Lipinski definition) is 2. The van der Waals surface area contributed by atoms with E-state index in [0.29, 0.717) is 5.56 Å². The number of aliphatic hydroxyl groups is 1. The van der Waals surface area contributed by atoms with E-state index >= 15 is 0 Å². The van der Waals surface area contributed by atoms with E-state index in [1.807, 2.05) is 0 Å². The van der Waals surface area contributed by atoms with Gasteiger partial charge in [0.15, 0.2) is 0 Å². The number of anilines is 2. The van der Waals surface area contributed by atoms with E-state index in [1.165, 1.54) is 18.2 Å². The molecule has 0 heterocycles. The van der Waals surface area contributed by atoms with Crippen molar-refractivity contribution in [2.75, 3.05) is 17.2 Å². The van der Waals surface area contributed by atoms with E-state index in [0.717, 1.165) is 18.2 Å². The Kier molecular flexibility index (Phi) is 5.30. The van der Waals surface area contributed by atoms with Gasteiger partial charge in [-0.3, -0.25) is 0 Å². The van der Waals surface area contributed by atoms with Crippen molar-refractivity contribution in [3.8, 4) is 0 Å². The Labute approximate surface area is 130 Å². The molecule has 0 aromatic heterocycles. The third kappa shape index (κ3) is 4.41. The van der Waals surface area contributed by atoms with Crippen LogP contribution in [0.3, 0.4) is 0 Å². The number of benzene rings is 2. The minimum Gasteiger partial charge on any atom is -0.396 e. The molecule has 2 aromatic carbocycles. The average molecular weight is 327 g/mol. The van der Waals surface area contributed by atoms with E-state index in [-0.39, 0.29) is 29.4 Å². The van der Waals surface area contributed by atoms with Crippen LogP contribution in [0.1, 0.15) is 5.56 Å². The van der Waals surface area contributed by atoms with Gasteiger partial charge in [0, 0.05) is 23.0 Å². The van der Waals surface area contributed by atoms with E-state index in [2.05, 4.69) is 10.6 Å². The molecule has 0 aliphatic rings. The number of halogens is 3. The summed E-state index contributed by atoms with van der Waals surface area (Å²) in [7, 11) is 0. The smallest absolute Gasteiger partial charge is 0.323 e. The Morgan fingerprint density at radius 2 is 1.86 bits per heavy atom. The van der Waals surface area contributed by atoms with Crippen molar-refractivity contribution in [3.63, 3.8) is 0 Å². The van der Waals surface area contributed by atoms with E-state index < -0.39 is 17.7 Å². The minimum absolute atomic E-state index is 0.137. The van der Waals surface area contributed by atoms with Crippen LogP contribution >= 0.6 is 11.6 Å². The molecule has 0 bridgehead atoms. The highest BCUT2D eigenvalue weighted by atomic mass is 35.5. The number of carbonyl (C=O) groups excluding carboxylic acids is 1. The molecule has 0 aliphatic carbocycles. The number of amides is 2. The molecule has 2 aromatic rings. The van der Waals surface area contributed by atoms with Gasteiger partial charge in [0.1, 0.15) is 11.6 Å². The van der Waals surface area contributed by atoms with E-state index in [4.69, 9.17) is 16.7 Å². The Morgan fingerprint density at radius 3 is 2.55 bits per heavy atom. The molecule has 2 rings (SSSR count). The molecule has 4 nitrogen and oxygen atoms in total. The van der Waals surface area contributed by atoms with Crippen molar-refractivity contribution >= 4 is 29.0 Å².